The lowest BCUT2D eigenvalue weighted by Gasteiger charge is -2.53. The normalized spacial score (nSPS) is 49.5. The molecule has 5 aliphatic rings. The lowest BCUT2D eigenvalue weighted by Crippen LogP contribution is -2.52. The summed E-state index contributed by atoms with van der Waals surface area (Å²) in [6.07, 6.45) is 11.7. The van der Waals surface area contributed by atoms with Gasteiger partial charge in [0.05, 0.1) is 12.7 Å². The van der Waals surface area contributed by atoms with Gasteiger partial charge in [-0.05, 0) is 117 Å². The van der Waals surface area contributed by atoms with Gasteiger partial charge in [-0.25, -0.2) is 0 Å². The Bertz CT molecular complexity index is 815. The lowest BCUT2D eigenvalue weighted by atomic mass is 9.52. The Hall–Kier alpha value is -1.13. The van der Waals surface area contributed by atoms with Gasteiger partial charge < -0.3 is 21.2 Å². The summed E-state index contributed by atoms with van der Waals surface area (Å²) in [6, 6.07) is 0.507. The van der Waals surface area contributed by atoms with Crippen molar-refractivity contribution in [2.45, 2.75) is 91.2 Å². The van der Waals surface area contributed by atoms with Gasteiger partial charge in [-0.1, -0.05) is 26.3 Å². The quantitative estimate of drug-likeness (QED) is 0.376. The van der Waals surface area contributed by atoms with E-state index < -0.39 is 0 Å². The highest BCUT2D eigenvalue weighted by molar-refractivity contribution is 5.78. The third-order valence-corrected chi connectivity index (χ3v) is 10.5. The monoisotopic (exact) mass is 439 g/mol. The van der Waals surface area contributed by atoms with Crippen LogP contribution in [0.25, 0.3) is 0 Å². The SMILES string of the molecule is C/C1=C2\C[C@H]3[C@@H](CC[C@@H]4C(C=N)=C(N)CC[C@@]43C)[C@@H]2CC[C@H](C)[C@@H]2NC[C@@H](C)C[C@H]2OC1. The molecule has 4 heteroatoms. The van der Waals surface area contributed by atoms with Gasteiger partial charge >= 0.3 is 0 Å². The van der Waals surface area contributed by atoms with Crippen molar-refractivity contribution in [1.82, 2.24) is 5.32 Å². The van der Waals surface area contributed by atoms with Crippen molar-refractivity contribution in [1.29, 1.82) is 5.41 Å². The van der Waals surface area contributed by atoms with Gasteiger partial charge in [-0.2, -0.15) is 0 Å². The first-order chi connectivity index (χ1) is 15.3. The number of piperidine rings is 1. The molecule has 178 valence electrons. The number of allylic oxidation sites excluding steroid dienone is 3. The van der Waals surface area contributed by atoms with Crippen molar-refractivity contribution in [2.24, 2.45) is 46.7 Å². The lowest BCUT2D eigenvalue weighted by molar-refractivity contribution is -0.0133. The average Bonchev–Trinajstić information content (AvgIpc) is 3.16. The van der Waals surface area contributed by atoms with Crippen LogP contribution in [0.2, 0.25) is 0 Å². The molecule has 0 bridgehead atoms. The first kappa shape index (κ1) is 22.7. The van der Waals surface area contributed by atoms with E-state index in [0.29, 0.717) is 29.9 Å². The van der Waals surface area contributed by atoms with Gasteiger partial charge in [0.2, 0.25) is 0 Å². The molecule has 0 aromatic heterocycles. The van der Waals surface area contributed by atoms with Crippen molar-refractivity contribution in [3.63, 3.8) is 0 Å². The van der Waals surface area contributed by atoms with Crippen molar-refractivity contribution < 1.29 is 4.74 Å². The third kappa shape index (κ3) is 3.60. The van der Waals surface area contributed by atoms with Crippen LogP contribution in [-0.2, 0) is 4.74 Å². The van der Waals surface area contributed by atoms with Crippen LogP contribution < -0.4 is 11.1 Å². The maximum absolute atomic E-state index is 8.05. The summed E-state index contributed by atoms with van der Waals surface area (Å²) in [6.45, 7) is 11.7. The second-order valence-corrected chi connectivity index (χ2v) is 12.3. The van der Waals surface area contributed by atoms with Crippen molar-refractivity contribution in [3.05, 3.63) is 22.4 Å². The van der Waals surface area contributed by atoms with Crippen LogP contribution in [-0.4, -0.2) is 31.5 Å². The molecule has 0 aromatic carbocycles. The second-order valence-electron chi connectivity index (χ2n) is 12.3. The average molecular weight is 440 g/mol. The Morgan fingerprint density at radius 2 is 2.00 bits per heavy atom. The molecule has 0 aromatic rings. The molecule has 2 aliphatic heterocycles. The minimum absolute atomic E-state index is 0.288. The summed E-state index contributed by atoms with van der Waals surface area (Å²) < 4.78 is 6.64. The molecule has 32 heavy (non-hydrogen) atoms. The van der Waals surface area contributed by atoms with Crippen LogP contribution >= 0.6 is 0 Å². The summed E-state index contributed by atoms with van der Waals surface area (Å²) in [4.78, 5) is 0. The second kappa shape index (κ2) is 8.58. The highest BCUT2D eigenvalue weighted by Gasteiger charge is 2.56. The molecule has 3 fully saturated rings. The Morgan fingerprint density at radius 3 is 2.78 bits per heavy atom. The van der Waals surface area contributed by atoms with Gasteiger partial charge in [0, 0.05) is 18.0 Å². The van der Waals surface area contributed by atoms with E-state index in [0.717, 1.165) is 48.6 Å². The molecule has 1 saturated heterocycles. The smallest absolute Gasteiger partial charge is 0.0738 e. The van der Waals surface area contributed by atoms with Gasteiger partial charge in [0.1, 0.15) is 0 Å². The molecule has 0 unspecified atom stereocenters. The molecule has 4 nitrogen and oxygen atoms in total. The molecular formula is C28H45N3O. The zero-order chi connectivity index (χ0) is 22.6. The summed E-state index contributed by atoms with van der Waals surface area (Å²) in [7, 11) is 0. The van der Waals surface area contributed by atoms with Crippen molar-refractivity contribution in [2.75, 3.05) is 13.2 Å². The highest BCUT2D eigenvalue weighted by atomic mass is 16.5. The Labute approximate surface area is 195 Å². The van der Waals surface area contributed by atoms with Gasteiger partial charge in [-0.3, -0.25) is 0 Å². The Balaban J connectivity index is 1.44. The highest BCUT2D eigenvalue weighted by Crippen LogP contribution is 2.64. The molecule has 4 N–H and O–H groups in total. The summed E-state index contributed by atoms with van der Waals surface area (Å²) >= 11 is 0. The fraction of sp³-hybridized carbons (Fsp3) is 0.821. The fourth-order valence-corrected chi connectivity index (χ4v) is 8.65. The number of nitrogens with two attached hydrogens (primary N) is 1. The van der Waals surface area contributed by atoms with Crippen LogP contribution in [0, 0.1) is 46.3 Å². The fourth-order valence-electron chi connectivity index (χ4n) is 8.65. The predicted octanol–water partition coefficient (Wildman–Crippen LogP) is 5.44. The van der Waals surface area contributed by atoms with E-state index in [1.807, 2.05) is 0 Å². The maximum Gasteiger partial charge on any atom is 0.0738 e. The van der Waals surface area contributed by atoms with Crippen LogP contribution in [0.1, 0.15) is 79.1 Å². The van der Waals surface area contributed by atoms with Crippen LogP contribution in [0.3, 0.4) is 0 Å². The molecule has 2 heterocycles. The summed E-state index contributed by atoms with van der Waals surface area (Å²) in [5.41, 5.74) is 12.1. The number of ether oxygens (including phenoxy) is 1. The van der Waals surface area contributed by atoms with Gasteiger partial charge in [0.25, 0.3) is 0 Å². The molecule has 2 saturated carbocycles. The van der Waals surface area contributed by atoms with E-state index in [9.17, 15) is 0 Å². The summed E-state index contributed by atoms with van der Waals surface area (Å²) in [5.74, 6) is 4.11. The molecular weight excluding hydrogens is 394 g/mol. The first-order valence-corrected chi connectivity index (χ1v) is 13.4. The number of fused-ring (bicyclic) bond motifs is 6. The minimum Gasteiger partial charge on any atom is -0.402 e. The zero-order valence-corrected chi connectivity index (χ0v) is 20.8. The molecule has 0 radical (unpaired) electrons. The first-order valence-electron chi connectivity index (χ1n) is 13.4. The third-order valence-electron chi connectivity index (χ3n) is 10.5. The Morgan fingerprint density at radius 1 is 1.19 bits per heavy atom. The standard InChI is InChI=1S/C28H45N3O/c1-16-11-26-27(31-14-16)17(2)5-6-19-20-7-8-23-22(13-29)25(30)9-10-28(23,4)24(20)12-21(19)18(3)15-32-26/h13,16-17,19-20,23-24,26-27,29,31H,5-12,14-15,30H2,1-4H3/b21-18-,29-13?/t16-,17-,19-,20-,23+,24-,26+,27-,28-/m0/s1. The number of rotatable bonds is 1. The number of nitrogens with one attached hydrogen (secondary N) is 2. The van der Waals surface area contributed by atoms with E-state index in [-0.39, 0.29) is 5.41 Å². The van der Waals surface area contributed by atoms with Crippen molar-refractivity contribution >= 4 is 6.21 Å². The molecule has 0 amide bonds. The largest absolute Gasteiger partial charge is 0.402 e. The van der Waals surface area contributed by atoms with Crippen LogP contribution in [0.15, 0.2) is 22.4 Å². The van der Waals surface area contributed by atoms with Crippen LogP contribution in [0.4, 0.5) is 0 Å². The minimum atomic E-state index is 0.288. The maximum atomic E-state index is 8.05. The van der Waals surface area contributed by atoms with Crippen molar-refractivity contribution in [3.8, 4) is 0 Å². The number of hydrogen-bond acceptors (Lipinski definition) is 4. The molecule has 0 spiro atoms. The van der Waals surface area contributed by atoms with E-state index >= 15 is 0 Å². The predicted molar refractivity (Wildman–Crippen MR) is 132 cm³/mol. The molecule has 3 aliphatic carbocycles. The molecule has 5 rings (SSSR count). The van der Waals surface area contributed by atoms with Crippen LogP contribution in [0.5, 0.6) is 0 Å². The van der Waals surface area contributed by atoms with E-state index in [1.165, 1.54) is 50.5 Å². The van der Waals surface area contributed by atoms with E-state index in [1.54, 1.807) is 11.8 Å². The van der Waals surface area contributed by atoms with E-state index in [4.69, 9.17) is 15.9 Å². The zero-order valence-electron chi connectivity index (χ0n) is 20.8. The topological polar surface area (TPSA) is 71.1 Å². The number of hydrogen-bond donors (Lipinski definition) is 3. The van der Waals surface area contributed by atoms with Gasteiger partial charge in [-0.15, -0.1) is 0 Å². The summed E-state index contributed by atoms with van der Waals surface area (Å²) in [5, 5.41) is 11.9. The van der Waals surface area contributed by atoms with E-state index in [2.05, 4.69) is 33.0 Å². The Kier molecular flexibility index (Phi) is 6.07. The molecule has 9 atom stereocenters. The van der Waals surface area contributed by atoms with Gasteiger partial charge in [0.15, 0.2) is 0 Å².